The molecule has 1 fully saturated rings. The first-order chi connectivity index (χ1) is 9.96. The zero-order valence-corrected chi connectivity index (χ0v) is 13.9. The summed E-state index contributed by atoms with van der Waals surface area (Å²) < 4.78 is 27.4. The predicted octanol–water partition coefficient (Wildman–Crippen LogP) is 1.90. The minimum absolute atomic E-state index is 0.203. The summed E-state index contributed by atoms with van der Waals surface area (Å²) in [7, 11) is -3.65. The molecule has 7 heteroatoms. The molecule has 1 heterocycles. The number of carbonyl (C=O) groups is 1. The highest BCUT2D eigenvalue weighted by molar-refractivity contribution is 9.10. The van der Waals surface area contributed by atoms with Crippen LogP contribution in [0, 0.1) is 0 Å². The molecule has 21 heavy (non-hydrogen) atoms. The minimum atomic E-state index is -3.65. The van der Waals surface area contributed by atoms with E-state index in [0.717, 1.165) is 4.47 Å². The second-order valence-electron chi connectivity index (χ2n) is 4.76. The lowest BCUT2D eigenvalue weighted by Gasteiger charge is -2.23. The van der Waals surface area contributed by atoms with E-state index < -0.39 is 16.1 Å². The quantitative estimate of drug-likeness (QED) is 0.802. The maximum Gasteiger partial charge on any atom is 0.243 e. The van der Waals surface area contributed by atoms with Crippen LogP contribution in [0.25, 0.3) is 0 Å². The lowest BCUT2D eigenvalue weighted by molar-refractivity contribution is -0.123. The van der Waals surface area contributed by atoms with Crippen LogP contribution < -0.4 is 5.32 Å². The minimum Gasteiger partial charge on any atom is -0.351 e. The molecule has 1 amide bonds. The smallest absolute Gasteiger partial charge is 0.243 e. The molecule has 0 aromatic heterocycles. The van der Waals surface area contributed by atoms with Crippen LogP contribution in [0.2, 0.25) is 0 Å². The Morgan fingerprint density at radius 1 is 1.43 bits per heavy atom. The molecule has 0 radical (unpaired) electrons. The van der Waals surface area contributed by atoms with Gasteiger partial charge in [-0.1, -0.05) is 22.0 Å². The molecule has 1 aliphatic heterocycles. The molecule has 1 aliphatic rings. The maximum absolute atomic E-state index is 12.6. The molecule has 1 saturated heterocycles. The van der Waals surface area contributed by atoms with E-state index in [2.05, 4.69) is 27.8 Å². The molecule has 0 spiro atoms. The van der Waals surface area contributed by atoms with Gasteiger partial charge < -0.3 is 5.32 Å². The number of halogens is 1. The second-order valence-corrected chi connectivity index (χ2v) is 7.57. The third kappa shape index (κ3) is 3.53. The van der Waals surface area contributed by atoms with Gasteiger partial charge in [0.05, 0.1) is 4.90 Å². The molecule has 2 rings (SSSR count). The largest absolute Gasteiger partial charge is 0.351 e. The second kappa shape index (κ2) is 6.72. The molecule has 1 aromatic carbocycles. The van der Waals surface area contributed by atoms with Crippen LogP contribution in [-0.4, -0.2) is 37.8 Å². The van der Waals surface area contributed by atoms with Crippen LogP contribution in [-0.2, 0) is 14.8 Å². The summed E-state index contributed by atoms with van der Waals surface area (Å²) in [5.41, 5.74) is 0. The van der Waals surface area contributed by atoms with E-state index in [4.69, 9.17) is 0 Å². The molecule has 1 unspecified atom stereocenters. The molecular weight excluding hydrogens is 356 g/mol. The molecule has 0 bridgehead atoms. The van der Waals surface area contributed by atoms with E-state index in [1.165, 1.54) is 16.4 Å². The monoisotopic (exact) mass is 372 g/mol. The molecule has 0 aliphatic carbocycles. The Morgan fingerprint density at radius 3 is 2.71 bits per heavy atom. The number of amides is 1. The first kappa shape index (κ1) is 16.2. The molecule has 1 aromatic rings. The summed E-state index contributed by atoms with van der Waals surface area (Å²) in [5.74, 6) is -0.270. The van der Waals surface area contributed by atoms with Gasteiger partial charge in [0, 0.05) is 17.6 Å². The zero-order chi connectivity index (χ0) is 15.5. The Morgan fingerprint density at radius 2 is 2.10 bits per heavy atom. The summed E-state index contributed by atoms with van der Waals surface area (Å²) in [6.07, 6.45) is 2.79. The highest BCUT2D eigenvalue weighted by atomic mass is 79.9. The van der Waals surface area contributed by atoms with Crippen LogP contribution in [0.4, 0.5) is 0 Å². The lowest BCUT2D eigenvalue weighted by atomic mass is 10.2. The number of rotatable bonds is 5. The van der Waals surface area contributed by atoms with Gasteiger partial charge in [0.15, 0.2) is 0 Å². The SMILES string of the molecule is C=CCNC(=O)C1CCCN1S(=O)(=O)c1ccc(Br)cc1. The summed E-state index contributed by atoms with van der Waals surface area (Å²) in [6, 6.07) is 5.79. The van der Waals surface area contributed by atoms with Gasteiger partial charge in [0.25, 0.3) is 0 Å². The molecule has 0 saturated carbocycles. The fourth-order valence-electron chi connectivity index (χ4n) is 2.32. The van der Waals surface area contributed by atoms with Crippen LogP contribution in [0.1, 0.15) is 12.8 Å². The predicted molar refractivity (Wildman–Crippen MR) is 84.3 cm³/mol. The van der Waals surface area contributed by atoms with Crippen molar-refractivity contribution in [2.24, 2.45) is 0 Å². The van der Waals surface area contributed by atoms with Crippen LogP contribution >= 0.6 is 15.9 Å². The molecule has 5 nitrogen and oxygen atoms in total. The highest BCUT2D eigenvalue weighted by Gasteiger charge is 2.39. The fraction of sp³-hybridized carbons (Fsp3) is 0.357. The number of benzene rings is 1. The number of hydrogen-bond donors (Lipinski definition) is 1. The highest BCUT2D eigenvalue weighted by Crippen LogP contribution is 2.27. The van der Waals surface area contributed by atoms with E-state index in [9.17, 15) is 13.2 Å². The van der Waals surface area contributed by atoms with Crippen molar-refractivity contribution in [2.75, 3.05) is 13.1 Å². The Balaban J connectivity index is 2.24. The number of carbonyl (C=O) groups excluding carboxylic acids is 1. The van der Waals surface area contributed by atoms with Crippen molar-refractivity contribution in [2.45, 2.75) is 23.8 Å². The maximum atomic E-state index is 12.6. The van der Waals surface area contributed by atoms with Gasteiger partial charge in [-0.2, -0.15) is 4.31 Å². The van der Waals surface area contributed by atoms with Gasteiger partial charge in [-0.3, -0.25) is 4.79 Å². The summed E-state index contributed by atoms with van der Waals surface area (Å²) in [5, 5.41) is 2.67. The van der Waals surface area contributed by atoms with Crippen molar-refractivity contribution < 1.29 is 13.2 Å². The van der Waals surface area contributed by atoms with Crippen molar-refractivity contribution in [3.8, 4) is 0 Å². The van der Waals surface area contributed by atoms with Gasteiger partial charge in [-0.15, -0.1) is 6.58 Å². The van der Waals surface area contributed by atoms with Crippen molar-refractivity contribution in [1.82, 2.24) is 9.62 Å². The van der Waals surface area contributed by atoms with Gasteiger partial charge in [0.1, 0.15) is 6.04 Å². The van der Waals surface area contributed by atoms with E-state index in [0.29, 0.717) is 25.9 Å². The number of nitrogens with one attached hydrogen (secondary N) is 1. The van der Waals surface area contributed by atoms with Crippen LogP contribution in [0.5, 0.6) is 0 Å². The first-order valence-corrected chi connectivity index (χ1v) is 8.86. The van der Waals surface area contributed by atoms with Gasteiger partial charge in [-0.05, 0) is 37.1 Å². The van der Waals surface area contributed by atoms with Crippen molar-refractivity contribution in [3.63, 3.8) is 0 Å². The van der Waals surface area contributed by atoms with Gasteiger partial charge in [0.2, 0.25) is 15.9 Å². The standard InChI is InChI=1S/C14H17BrN2O3S/c1-2-9-16-14(18)13-4-3-10-17(13)21(19,20)12-7-5-11(15)6-8-12/h2,5-8,13H,1,3-4,9-10H2,(H,16,18). The average molecular weight is 373 g/mol. The third-order valence-electron chi connectivity index (χ3n) is 3.35. The van der Waals surface area contributed by atoms with Crippen molar-refractivity contribution in [1.29, 1.82) is 0 Å². The number of sulfonamides is 1. The molecular formula is C14H17BrN2O3S. The zero-order valence-electron chi connectivity index (χ0n) is 11.5. The van der Waals surface area contributed by atoms with Crippen LogP contribution in [0.15, 0.2) is 46.3 Å². The Labute approximate surface area is 133 Å². The number of hydrogen-bond acceptors (Lipinski definition) is 3. The number of nitrogens with zero attached hydrogens (tertiary/aromatic N) is 1. The average Bonchev–Trinajstić information content (AvgIpc) is 2.95. The molecule has 114 valence electrons. The van der Waals surface area contributed by atoms with Gasteiger partial charge >= 0.3 is 0 Å². The van der Waals surface area contributed by atoms with Crippen molar-refractivity contribution >= 4 is 31.9 Å². The van der Waals surface area contributed by atoms with Gasteiger partial charge in [-0.25, -0.2) is 8.42 Å². The molecule has 1 atom stereocenters. The Hall–Kier alpha value is -1.18. The van der Waals surface area contributed by atoms with Crippen LogP contribution in [0.3, 0.4) is 0 Å². The van der Waals surface area contributed by atoms with E-state index in [1.54, 1.807) is 18.2 Å². The Bertz CT molecular complexity index is 628. The summed E-state index contributed by atoms with van der Waals surface area (Å²) >= 11 is 3.28. The summed E-state index contributed by atoms with van der Waals surface area (Å²) in [4.78, 5) is 12.3. The van der Waals surface area contributed by atoms with E-state index >= 15 is 0 Å². The van der Waals surface area contributed by atoms with E-state index in [-0.39, 0.29) is 10.8 Å². The van der Waals surface area contributed by atoms with E-state index in [1.807, 2.05) is 0 Å². The third-order valence-corrected chi connectivity index (χ3v) is 5.80. The Kier molecular flexibility index (Phi) is 5.18. The fourth-order valence-corrected chi connectivity index (χ4v) is 4.24. The topological polar surface area (TPSA) is 66.5 Å². The lowest BCUT2D eigenvalue weighted by Crippen LogP contribution is -2.45. The summed E-state index contributed by atoms with van der Waals surface area (Å²) in [6.45, 7) is 4.23. The molecule has 1 N–H and O–H groups in total. The first-order valence-electron chi connectivity index (χ1n) is 6.63. The van der Waals surface area contributed by atoms with Crippen molar-refractivity contribution in [3.05, 3.63) is 41.4 Å². The normalized spacial score (nSPS) is 19.4.